The van der Waals surface area contributed by atoms with Gasteiger partial charge in [0.2, 0.25) is 0 Å². The number of phenols is 1. The number of ether oxygens (including phenoxy) is 2. The quantitative estimate of drug-likeness (QED) is 0.768. The van der Waals surface area contributed by atoms with Crippen LogP contribution in [0.4, 0.5) is 0 Å². The molecule has 4 nitrogen and oxygen atoms in total. The van der Waals surface area contributed by atoms with Crippen LogP contribution in [0.3, 0.4) is 0 Å². The number of aliphatic hydroxyl groups is 1. The van der Waals surface area contributed by atoms with E-state index in [1.54, 1.807) is 19.1 Å². The van der Waals surface area contributed by atoms with Crippen molar-refractivity contribution in [3.05, 3.63) is 23.8 Å². The molecule has 1 aromatic carbocycles. The van der Waals surface area contributed by atoms with Gasteiger partial charge in [0.1, 0.15) is 0 Å². The van der Waals surface area contributed by atoms with Crippen molar-refractivity contribution in [2.24, 2.45) is 0 Å². The van der Waals surface area contributed by atoms with E-state index in [1.165, 1.54) is 7.11 Å². The molecule has 0 atom stereocenters. The first-order valence-electron chi connectivity index (χ1n) is 6.24. The van der Waals surface area contributed by atoms with Crippen molar-refractivity contribution in [1.82, 2.24) is 0 Å². The summed E-state index contributed by atoms with van der Waals surface area (Å²) in [5.41, 5.74) is 1.01. The zero-order valence-corrected chi connectivity index (χ0v) is 11.5. The van der Waals surface area contributed by atoms with Gasteiger partial charge in [0.25, 0.3) is 0 Å². The molecule has 4 heteroatoms. The topological polar surface area (TPSA) is 58.9 Å². The van der Waals surface area contributed by atoms with Gasteiger partial charge in [-0.2, -0.15) is 0 Å². The first-order valence-corrected chi connectivity index (χ1v) is 6.24. The Balaban J connectivity index is 0.000000873. The number of hydrogen-bond acceptors (Lipinski definition) is 4. The van der Waals surface area contributed by atoms with Gasteiger partial charge in [-0.3, -0.25) is 0 Å². The Labute approximate surface area is 109 Å². The summed E-state index contributed by atoms with van der Waals surface area (Å²) in [6, 6.07) is 5.25. The highest BCUT2D eigenvalue weighted by molar-refractivity contribution is 5.41. The third-order valence-corrected chi connectivity index (χ3v) is 2.16. The van der Waals surface area contributed by atoms with Crippen molar-refractivity contribution in [2.45, 2.75) is 33.3 Å². The average Bonchev–Trinajstić information content (AvgIpc) is 2.37. The lowest BCUT2D eigenvalue weighted by molar-refractivity contribution is 0.118. The van der Waals surface area contributed by atoms with E-state index in [0.29, 0.717) is 12.4 Å². The molecule has 0 spiro atoms. The van der Waals surface area contributed by atoms with Crippen LogP contribution in [-0.4, -0.2) is 30.5 Å². The van der Waals surface area contributed by atoms with Gasteiger partial charge in [-0.15, -0.1) is 0 Å². The minimum Gasteiger partial charge on any atom is -0.504 e. The maximum Gasteiger partial charge on any atom is 0.160 e. The molecule has 0 saturated heterocycles. The number of hydrogen-bond donors (Lipinski definition) is 2. The third kappa shape index (κ3) is 7.14. The third-order valence-electron chi connectivity index (χ3n) is 2.16. The van der Waals surface area contributed by atoms with Gasteiger partial charge < -0.3 is 19.7 Å². The zero-order valence-electron chi connectivity index (χ0n) is 11.5. The number of unbranched alkanes of at least 4 members (excludes halogenated alkanes) is 1. The van der Waals surface area contributed by atoms with E-state index in [-0.39, 0.29) is 12.4 Å². The first-order chi connectivity index (χ1) is 8.69. The maximum atomic E-state index is 9.38. The van der Waals surface area contributed by atoms with E-state index < -0.39 is 0 Å². The molecular weight excluding hydrogens is 232 g/mol. The molecule has 0 aliphatic carbocycles. The zero-order chi connectivity index (χ0) is 13.8. The monoisotopic (exact) mass is 256 g/mol. The van der Waals surface area contributed by atoms with Crippen molar-refractivity contribution in [1.29, 1.82) is 0 Å². The Hall–Kier alpha value is -1.26. The van der Waals surface area contributed by atoms with Crippen LogP contribution in [0.1, 0.15) is 32.3 Å². The molecule has 0 fully saturated rings. The van der Waals surface area contributed by atoms with Gasteiger partial charge in [-0.1, -0.05) is 19.4 Å². The number of phenolic OH excluding ortho intramolecular Hbond substituents is 1. The Morgan fingerprint density at radius 3 is 2.44 bits per heavy atom. The first kappa shape index (κ1) is 16.7. The standard InChI is InChI=1S/C12H18O3.C2H6O/c1-3-4-7-15-9-10-5-6-11(13)12(8-10)14-2;1-2-3/h5-6,8,13H,3-4,7,9H2,1-2H3;3H,2H2,1H3. The number of rotatable bonds is 6. The smallest absolute Gasteiger partial charge is 0.160 e. The molecular formula is C14H24O4. The Morgan fingerprint density at radius 1 is 1.22 bits per heavy atom. The second-order valence-corrected chi connectivity index (χ2v) is 3.73. The van der Waals surface area contributed by atoms with Crippen LogP contribution >= 0.6 is 0 Å². The van der Waals surface area contributed by atoms with Crippen molar-refractivity contribution < 1.29 is 19.7 Å². The van der Waals surface area contributed by atoms with Crippen LogP contribution in [0.15, 0.2) is 18.2 Å². The molecule has 0 heterocycles. The highest BCUT2D eigenvalue weighted by Crippen LogP contribution is 2.26. The SMILES string of the molecule is CCCCOCc1ccc(O)c(OC)c1.CCO. The molecule has 1 rings (SSSR count). The van der Waals surface area contributed by atoms with Gasteiger partial charge in [-0.25, -0.2) is 0 Å². The van der Waals surface area contributed by atoms with Crippen molar-refractivity contribution in [3.63, 3.8) is 0 Å². The Morgan fingerprint density at radius 2 is 1.89 bits per heavy atom. The Bertz CT molecular complexity index is 313. The lowest BCUT2D eigenvalue weighted by Gasteiger charge is -2.07. The van der Waals surface area contributed by atoms with Crippen LogP contribution in [0, 0.1) is 0 Å². The average molecular weight is 256 g/mol. The summed E-state index contributed by atoms with van der Waals surface area (Å²) >= 11 is 0. The van der Waals surface area contributed by atoms with E-state index >= 15 is 0 Å². The van der Waals surface area contributed by atoms with Crippen LogP contribution in [0.25, 0.3) is 0 Å². The lowest BCUT2D eigenvalue weighted by atomic mass is 10.2. The van der Waals surface area contributed by atoms with Crippen LogP contribution < -0.4 is 4.74 Å². The van der Waals surface area contributed by atoms with Crippen LogP contribution in [0.2, 0.25) is 0 Å². The van der Waals surface area contributed by atoms with Crippen LogP contribution in [0.5, 0.6) is 11.5 Å². The highest BCUT2D eigenvalue weighted by atomic mass is 16.5. The second kappa shape index (κ2) is 10.9. The molecule has 18 heavy (non-hydrogen) atoms. The summed E-state index contributed by atoms with van der Waals surface area (Å²) in [5, 5.41) is 16.9. The largest absolute Gasteiger partial charge is 0.504 e. The predicted molar refractivity (Wildman–Crippen MR) is 72.0 cm³/mol. The lowest BCUT2D eigenvalue weighted by Crippen LogP contribution is -1.95. The normalized spacial score (nSPS) is 9.56. The molecule has 0 saturated carbocycles. The summed E-state index contributed by atoms with van der Waals surface area (Å²) in [6.45, 7) is 5.41. The molecule has 0 amide bonds. The van der Waals surface area contributed by atoms with Crippen LogP contribution in [-0.2, 0) is 11.3 Å². The van der Waals surface area contributed by atoms with Crippen molar-refractivity contribution in [2.75, 3.05) is 20.3 Å². The Kier molecular flexibility index (Phi) is 10.1. The molecule has 0 unspecified atom stereocenters. The molecule has 0 aromatic heterocycles. The summed E-state index contributed by atoms with van der Waals surface area (Å²) in [4.78, 5) is 0. The fourth-order valence-corrected chi connectivity index (χ4v) is 1.25. The van der Waals surface area contributed by atoms with Gasteiger partial charge in [-0.05, 0) is 31.0 Å². The summed E-state index contributed by atoms with van der Waals surface area (Å²) in [5.74, 6) is 0.654. The molecule has 0 bridgehead atoms. The molecule has 1 aromatic rings. The summed E-state index contributed by atoms with van der Waals surface area (Å²) in [6.07, 6.45) is 2.22. The van der Waals surface area contributed by atoms with Crippen molar-refractivity contribution in [3.8, 4) is 11.5 Å². The van der Waals surface area contributed by atoms with Gasteiger partial charge in [0, 0.05) is 13.2 Å². The summed E-state index contributed by atoms with van der Waals surface area (Å²) < 4.78 is 10.5. The highest BCUT2D eigenvalue weighted by Gasteiger charge is 2.02. The van der Waals surface area contributed by atoms with Gasteiger partial charge in [0.15, 0.2) is 11.5 Å². The number of methoxy groups -OCH3 is 1. The van der Waals surface area contributed by atoms with E-state index in [1.807, 2.05) is 6.07 Å². The summed E-state index contributed by atoms with van der Waals surface area (Å²) in [7, 11) is 1.54. The molecule has 0 aliphatic heterocycles. The second-order valence-electron chi connectivity index (χ2n) is 3.73. The molecule has 0 aliphatic rings. The predicted octanol–water partition coefficient (Wildman–Crippen LogP) is 2.72. The minimum atomic E-state index is 0.162. The van der Waals surface area contributed by atoms with E-state index in [4.69, 9.17) is 14.6 Å². The number of aliphatic hydroxyl groups excluding tert-OH is 1. The van der Waals surface area contributed by atoms with Gasteiger partial charge in [0.05, 0.1) is 13.7 Å². The number of benzene rings is 1. The molecule has 0 radical (unpaired) electrons. The fourth-order valence-electron chi connectivity index (χ4n) is 1.25. The van der Waals surface area contributed by atoms with E-state index in [9.17, 15) is 5.11 Å². The van der Waals surface area contributed by atoms with Gasteiger partial charge >= 0.3 is 0 Å². The molecule has 104 valence electrons. The maximum absolute atomic E-state index is 9.38. The van der Waals surface area contributed by atoms with E-state index in [0.717, 1.165) is 25.0 Å². The minimum absolute atomic E-state index is 0.162. The number of aromatic hydroxyl groups is 1. The fraction of sp³-hybridized carbons (Fsp3) is 0.571. The van der Waals surface area contributed by atoms with E-state index in [2.05, 4.69) is 6.92 Å². The van der Waals surface area contributed by atoms with Crippen molar-refractivity contribution >= 4 is 0 Å². The molecule has 2 N–H and O–H groups in total.